The van der Waals surface area contributed by atoms with Crippen molar-refractivity contribution < 1.29 is 14.4 Å². The fourth-order valence-corrected chi connectivity index (χ4v) is 8.01. The minimum Gasteiger partial charge on any atom is -0.361 e. The summed E-state index contributed by atoms with van der Waals surface area (Å²) >= 11 is 5.13. The Morgan fingerprint density at radius 3 is 2.53 bits per heavy atom. The van der Waals surface area contributed by atoms with E-state index in [1.54, 1.807) is 29.9 Å². The first-order chi connectivity index (χ1) is 23.8. The van der Waals surface area contributed by atoms with Gasteiger partial charge < -0.3 is 26.7 Å². The molecular weight excluding hydrogens is 700 g/mol. The van der Waals surface area contributed by atoms with Crippen LogP contribution in [-0.4, -0.2) is 64.6 Å². The summed E-state index contributed by atoms with van der Waals surface area (Å²) in [5, 5.41) is 5.36. The summed E-state index contributed by atoms with van der Waals surface area (Å²) in [6, 6.07) is 16.9. The molecule has 0 saturated heterocycles. The Hall–Kier alpha value is -3.35. The van der Waals surface area contributed by atoms with Crippen molar-refractivity contribution in [2.75, 3.05) is 20.1 Å². The van der Waals surface area contributed by atoms with Crippen molar-refractivity contribution in [2.24, 2.45) is 17.4 Å². The molecule has 4 aromatic rings. The summed E-state index contributed by atoms with van der Waals surface area (Å²) in [7, 11) is 1.72. The van der Waals surface area contributed by atoms with Crippen LogP contribution in [0.5, 0.6) is 0 Å². The lowest BCUT2D eigenvalue weighted by Crippen LogP contribution is -2.47. The molecule has 0 bridgehead atoms. The number of nitrogens with one attached hydrogen (secondary N) is 2. The lowest BCUT2D eigenvalue weighted by molar-refractivity contribution is -0.143. The zero-order valence-electron chi connectivity index (χ0n) is 28.1. The molecule has 5 rings (SSSR count). The molecule has 3 atom stereocenters. The van der Waals surface area contributed by atoms with Crippen molar-refractivity contribution in [3.05, 3.63) is 88.2 Å². The molecule has 0 spiro atoms. The van der Waals surface area contributed by atoms with Crippen LogP contribution in [0.1, 0.15) is 61.6 Å². The van der Waals surface area contributed by atoms with Crippen LogP contribution in [0.25, 0.3) is 10.9 Å². The minimum atomic E-state index is -0.694. The van der Waals surface area contributed by atoms with E-state index in [4.69, 9.17) is 16.5 Å². The number of carbonyl (C=O) groups is 3. The van der Waals surface area contributed by atoms with Crippen molar-refractivity contribution in [2.45, 2.75) is 86.3 Å². The van der Waals surface area contributed by atoms with E-state index in [9.17, 15) is 14.4 Å². The standard InChI is InChI=1S/C38H47BrN6O3S/c1-45-33(20-27-22-42-31-12-4-3-11-30(27)31)34(46)16-15-25-9-2-5-14-36(25)49-37-28(19-29(39)24-44-37)23-43-32(13-8-18-41)35(47)21-26(38(45)48)10-6-7-17-40/h2-5,9,11-12,14,19,22,24,26,32-33,42-43H,6-8,10,13,15-18,20-21,23,40-41H2,1H3/t26-,32+,33+/m1/s1. The van der Waals surface area contributed by atoms with Crippen LogP contribution < -0.4 is 16.8 Å². The molecule has 1 amide bonds. The fourth-order valence-electron chi connectivity index (χ4n) is 6.61. The first-order valence-corrected chi connectivity index (χ1v) is 18.8. The van der Waals surface area contributed by atoms with E-state index < -0.39 is 18.0 Å². The molecule has 1 aliphatic heterocycles. The van der Waals surface area contributed by atoms with Crippen LogP contribution in [0.3, 0.4) is 0 Å². The number of unbranched alkanes of at least 4 members (excludes halogenated alkanes) is 1. The summed E-state index contributed by atoms with van der Waals surface area (Å²) in [6.07, 6.45) is 8.18. The molecule has 0 fully saturated rings. The Labute approximate surface area is 301 Å². The number of hydrogen-bond acceptors (Lipinski definition) is 8. The topological polar surface area (TPSA) is 147 Å². The van der Waals surface area contributed by atoms with E-state index in [2.05, 4.69) is 38.4 Å². The molecule has 49 heavy (non-hydrogen) atoms. The summed E-state index contributed by atoms with van der Waals surface area (Å²) in [6.45, 7) is 1.39. The number of nitrogens with two attached hydrogens (primary N) is 2. The van der Waals surface area contributed by atoms with Gasteiger partial charge >= 0.3 is 0 Å². The zero-order chi connectivity index (χ0) is 34.8. The minimum absolute atomic E-state index is 0.0118. The Kier molecular flexibility index (Phi) is 13.6. The quantitative estimate of drug-likeness (QED) is 0.154. The molecule has 0 radical (unpaired) electrons. The van der Waals surface area contributed by atoms with Gasteiger partial charge in [-0.1, -0.05) is 54.6 Å². The van der Waals surface area contributed by atoms with Crippen molar-refractivity contribution in [3.8, 4) is 0 Å². The SMILES string of the molecule is CN1C(=O)[C@H](CCCCN)CC(=O)[C@H](CCCN)NCc2cc(Br)cnc2Sc2ccccc2CCC(=O)[C@@H]1Cc1c[nH]c2ccccc12. The van der Waals surface area contributed by atoms with Gasteiger partial charge in [-0.15, -0.1) is 0 Å². The number of H-pyrrole nitrogens is 1. The smallest absolute Gasteiger partial charge is 0.226 e. The zero-order valence-corrected chi connectivity index (χ0v) is 30.5. The monoisotopic (exact) mass is 746 g/mol. The molecule has 0 saturated carbocycles. The maximum absolute atomic E-state index is 14.4. The first kappa shape index (κ1) is 36.9. The maximum atomic E-state index is 14.4. The second kappa shape index (κ2) is 18.1. The number of amides is 1. The highest BCUT2D eigenvalue weighted by Gasteiger charge is 2.34. The highest BCUT2D eigenvalue weighted by atomic mass is 79.9. The molecule has 0 aliphatic carbocycles. The molecule has 6 N–H and O–H groups in total. The van der Waals surface area contributed by atoms with E-state index in [-0.39, 0.29) is 30.3 Å². The van der Waals surface area contributed by atoms with Crippen LogP contribution in [0.4, 0.5) is 0 Å². The molecule has 1 aliphatic rings. The van der Waals surface area contributed by atoms with E-state index in [0.29, 0.717) is 51.7 Å². The number of rotatable bonds is 9. The van der Waals surface area contributed by atoms with Crippen molar-refractivity contribution in [3.63, 3.8) is 0 Å². The van der Waals surface area contributed by atoms with Crippen LogP contribution in [0, 0.1) is 5.92 Å². The molecule has 3 heterocycles. The van der Waals surface area contributed by atoms with Gasteiger partial charge in [-0.3, -0.25) is 14.4 Å². The molecule has 2 aromatic heterocycles. The number of ketones is 2. The second-order valence-electron chi connectivity index (χ2n) is 12.8. The van der Waals surface area contributed by atoms with E-state index in [1.807, 2.05) is 48.7 Å². The maximum Gasteiger partial charge on any atom is 0.226 e. The Morgan fingerprint density at radius 1 is 0.939 bits per heavy atom. The third kappa shape index (κ3) is 9.67. The highest BCUT2D eigenvalue weighted by molar-refractivity contribution is 9.10. The number of aromatic amines is 1. The number of pyridine rings is 1. The second-order valence-corrected chi connectivity index (χ2v) is 14.8. The summed E-state index contributed by atoms with van der Waals surface area (Å²) < 4.78 is 0.845. The number of aromatic nitrogens is 2. The number of carbonyl (C=O) groups excluding carboxylic acids is 3. The number of Topliss-reactive ketones (excluding diaryl/α,β-unsaturated/α-hetero) is 2. The molecule has 260 valence electrons. The largest absolute Gasteiger partial charge is 0.361 e. The van der Waals surface area contributed by atoms with Crippen molar-refractivity contribution in [1.29, 1.82) is 0 Å². The van der Waals surface area contributed by atoms with Crippen LogP contribution in [0.2, 0.25) is 0 Å². The van der Waals surface area contributed by atoms with Crippen LogP contribution in [0.15, 0.2) is 81.4 Å². The number of para-hydroxylation sites is 1. The van der Waals surface area contributed by atoms with Gasteiger partial charge in [0.1, 0.15) is 5.03 Å². The number of hydrogen-bond donors (Lipinski definition) is 4. The lowest BCUT2D eigenvalue weighted by atomic mass is 9.89. The van der Waals surface area contributed by atoms with E-state index in [0.717, 1.165) is 54.8 Å². The third-order valence-corrected chi connectivity index (χ3v) is 11.0. The Bertz CT molecular complexity index is 1750. The number of nitrogens with zero attached hydrogens (tertiary/aromatic N) is 2. The number of halogens is 1. The van der Waals surface area contributed by atoms with E-state index >= 15 is 0 Å². The lowest BCUT2D eigenvalue weighted by Gasteiger charge is -2.31. The average molecular weight is 748 g/mol. The highest BCUT2D eigenvalue weighted by Crippen LogP contribution is 2.34. The van der Waals surface area contributed by atoms with E-state index in [1.165, 1.54) is 0 Å². The van der Waals surface area contributed by atoms with Crippen LogP contribution in [-0.2, 0) is 33.8 Å². The summed E-state index contributed by atoms with van der Waals surface area (Å²) in [5.74, 6) is -0.791. The van der Waals surface area contributed by atoms with Gasteiger partial charge in [0, 0.05) is 71.4 Å². The fraction of sp³-hybridized carbons (Fsp3) is 0.421. The predicted octanol–water partition coefficient (Wildman–Crippen LogP) is 5.96. The number of benzene rings is 2. The normalized spacial score (nSPS) is 19.9. The molecular formula is C38H47BrN6O3S. The average Bonchev–Trinajstić information content (AvgIpc) is 3.52. The number of likely N-dealkylation sites (N-methyl/N-ethyl adjacent to an activating group) is 1. The van der Waals surface area contributed by atoms with Gasteiger partial charge in [0.15, 0.2) is 11.6 Å². The summed E-state index contributed by atoms with van der Waals surface area (Å²) in [5.41, 5.74) is 15.7. The number of fused-ring (bicyclic) bond motifs is 3. The third-order valence-electron chi connectivity index (χ3n) is 9.41. The predicted molar refractivity (Wildman–Crippen MR) is 199 cm³/mol. The van der Waals surface area contributed by atoms with Gasteiger partial charge in [0.25, 0.3) is 0 Å². The van der Waals surface area contributed by atoms with Crippen molar-refractivity contribution >= 4 is 56.1 Å². The molecule has 2 aromatic carbocycles. The molecule has 11 heteroatoms. The van der Waals surface area contributed by atoms with Gasteiger partial charge in [-0.05, 0) is 96.0 Å². The Morgan fingerprint density at radius 2 is 1.71 bits per heavy atom. The molecule has 9 nitrogen and oxygen atoms in total. The summed E-state index contributed by atoms with van der Waals surface area (Å²) in [4.78, 5) is 53.5. The van der Waals surface area contributed by atoms with Crippen molar-refractivity contribution in [1.82, 2.24) is 20.2 Å². The van der Waals surface area contributed by atoms with Gasteiger partial charge in [0.05, 0.1) is 12.1 Å². The van der Waals surface area contributed by atoms with Gasteiger partial charge in [-0.2, -0.15) is 0 Å². The molecule has 0 unspecified atom stereocenters. The van der Waals surface area contributed by atoms with Crippen LogP contribution >= 0.6 is 27.7 Å². The first-order valence-electron chi connectivity index (χ1n) is 17.2. The van der Waals surface area contributed by atoms with Gasteiger partial charge in [-0.25, -0.2) is 4.98 Å². The van der Waals surface area contributed by atoms with Gasteiger partial charge in [0.2, 0.25) is 5.91 Å². The Balaban J connectivity index is 1.55. The number of aryl methyl sites for hydroxylation is 1.